The Hall–Kier alpha value is -3.72. The van der Waals surface area contributed by atoms with E-state index in [0.29, 0.717) is 33.3 Å². The number of ketones is 1. The first-order chi connectivity index (χ1) is 15.0. The summed E-state index contributed by atoms with van der Waals surface area (Å²) in [5.41, 5.74) is 1.70. The summed E-state index contributed by atoms with van der Waals surface area (Å²) in [5.74, 6) is -0.594. The van der Waals surface area contributed by atoms with Crippen LogP contribution >= 0.6 is 11.3 Å². The van der Waals surface area contributed by atoms with E-state index in [0.717, 1.165) is 5.01 Å². The van der Waals surface area contributed by atoms with E-state index in [9.17, 15) is 14.7 Å². The fourth-order valence-electron chi connectivity index (χ4n) is 3.86. The molecule has 1 N–H and O–H groups in total. The molecule has 5 rings (SSSR count). The molecule has 1 aromatic carbocycles. The maximum atomic E-state index is 13.5. The van der Waals surface area contributed by atoms with Crippen molar-refractivity contribution in [2.75, 3.05) is 11.7 Å². The second kappa shape index (κ2) is 7.21. The van der Waals surface area contributed by atoms with Gasteiger partial charge < -0.3 is 14.6 Å². The molecule has 2 aliphatic rings. The number of aliphatic hydroxyl groups is 1. The fraction of sp³-hybridized carbons (Fsp3) is 0.182. The van der Waals surface area contributed by atoms with Gasteiger partial charge in [-0.05, 0) is 43.7 Å². The van der Waals surface area contributed by atoms with Gasteiger partial charge in [0.25, 0.3) is 5.91 Å². The number of anilines is 1. The molecule has 31 heavy (non-hydrogen) atoms. The van der Waals surface area contributed by atoms with Gasteiger partial charge in [0.2, 0.25) is 12.6 Å². The number of hydrogen-bond acceptors (Lipinski definition) is 8. The molecule has 8 nitrogen and oxygen atoms in total. The molecule has 1 atom stereocenters. The number of Topliss-reactive ketones (excluding diaryl/α,β-unsaturated/α-hetero) is 1. The van der Waals surface area contributed by atoms with Gasteiger partial charge in [-0.1, -0.05) is 0 Å². The van der Waals surface area contributed by atoms with Crippen molar-refractivity contribution in [3.63, 3.8) is 0 Å². The zero-order chi connectivity index (χ0) is 21.7. The van der Waals surface area contributed by atoms with Crippen molar-refractivity contribution >= 4 is 28.7 Å². The smallest absolute Gasteiger partial charge is 0.294 e. The maximum Gasteiger partial charge on any atom is 0.294 e. The van der Waals surface area contributed by atoms with Gasteiger partial charge in [-0.2, -0.15) is 0 Å². The largest absolute Gasteiger partial charge is 0.503 e. The second-order valence-electron chi connectivity index (χ2n) is 7.13. The summed E-state index contributed by atoms with van der Waals surface area (Å²) in [6, 6.07) is 7.66. The summed E-state index contributed by atoms with van der Waals surface area (Å²) >= 11 is 1.24. The number of hydrogen-bond donors (Lipinski definition) is 1. The molecule has 2 aliphatic heterocycles. The van der Waals surface area contributed by atoms with Crippen molar-refractivity contribution in [3.05, 3.63) is 75.2 Å². The number of aryl methyl sites for hydroxylation is 2. The predicted octanol–water partition coefficient (Wildman–Crippen LogP) is 3.67. The number of aliphatic hydroxyl groups excluding tert-OH is 1. The Balaban J connectivity index is 1.66. The van der Waals surface area contributed by atoms with Crippen molar-refractivity contribution in [2.24, 2.45) is 0 Å². The summed E-state index contributed by atoms with van der Waals surface area (Å²) in [5, 5.41) is 11.6. The van der Waals surface area contributed by atoms with E-state index in [1.807, 2.05) is 6.92 Å². The lowest BCUT2D eigenvalue weighted by Crippen LogP contribution is -2.31. The van der Waals surface area contributed by atoms with Crippen molar-refractivity contribution in [1.29, 1.82) is 0 Å². The molecule has 0 spiro atoms. The molecule has 3 aromatic rings. The summed E-state index contributed by atoms with van der Waals surface area (Å²) in [7, 11) is 0. The first-order valence-corrected chi connectivity index (χ1v) is 10.3. The lowest BCUT2D eigenvalue weighted by atomic mass is 9.95. The number of fused-ring (bicyclic) bond motifs is 1. The quantitative estimate of drug-likeness (QED) is 0.624. The van der Waals surface area contributed by atoms with E-state index in [2.05, 4.69) is 9.97 Å². The molecule has 1 unspecified atom stereocenters. The highest BCUT2D eigenvalue weighted by molar-refractivity contribution is 7.14. The van der Waals surface area contributed by atoms with Gasteiger partial charge >= 0.3 is 0 Å². The lowest BCUT2D eigenvalue weighted by Gasteiger charge is -2.27. The Kier molecular flexibility index (Phi) is 4.48. The Morgan fingerprint density at radius 2 is 1.90 bits per heavy atom. The normalized spacial score (nSPS) is 17.5. The van der Waals surface area contributed by atoms with Gasteiger partial charge in [0.1, 0.15) is 0 Å². The predicted molar refractivity (Wildman–Crippen MR) is 113 cm³/mol. The van der Waals surface area contributed by atoms with Gasteiger partial charge in [-0.15, -0.1) is 11.3 Å². The van der Waals surface area contributed by atoms with E-state index in [1.165, 1.54) is 16.2 Å². The van der Waals surface area contributed by atoms with E-state index in [-0.39, 0.29) is 12.4 Å². The van der Waals surface area contributed by atoms with Crippen LogP contribution in [0.4, 0.5) is 5.69 Å². The zero-order valence-electron chi connectivity index (χ0n) is 16.7. The lowest BCUT2D eigenvalue weighted by molar-refractivity contribution is -0.117. The number of aromatic nitrogens is 2. The third-order valence-electron chi connectivity index (χ3n) is 5.22. The van der Waals surface area contributed by atoms with Gasteiger partial charge in [0.15, 0.2) is 17.3 Å². The minimum atomic E-state index is -0.829. The first-order valence-electron chi connectivity index (χ1n) is 9.50. The van der Waals surface area contributed by atoms with Crippen LogP contribution in [0.3, 0.4) is 0 Å². The number of benzene rings is 1. The molecule has 0 aliphatic carbocycles. The Labute approximate surface area is 181 Å². The average Bonchev–Trinajstić information content (AvgIpc) is 3.44. The summed E-state index contributed by atoms with van der Waals surface area (Å²) in [6.07, 6.45) is 3.16. The van der Waals surface area contributed by atoms with Crippen LogP contribution in [0.25, 0.3) is 0 Å². The Bertz CT molecular complexity index is 1250. The molecule has 0 bridgehead atoms. The maximum absolute atomic E-state index is 13.5. The third-order valence-corrected chi connectivity index (χ3v) is 6.29. The highest BCUT2D eigenvalue weighted by Crippen LogP contribution is 2.45. The van der Waals surface area contributed by atoms with Crippen molar-refractivity contribution in [1.82, 2.24) is 9.97 Å². The highest BCUT2D eigenvalue weighted by Gasteiger charge is 2.45. The third kappa shape index (κ3) is 3.05. The molecule has 4 heterocycles. The molecule has 1 amide bonds. The van der Waals surface area contributed by atoms with E-state index in [4.69, 9.17) is 9.47 Å². The van der Waals surface area contributed by atoms with Crippen LogP contribution in [0.15, 0.2) is 54.1 Å². The van der Waals surface area contributed by atoms with E-state index >= 15 is 0 Å². The topological polar surface area (TPSA) is 102 Å². The summed E-state index contributed by atoms with van der Waals surface area (Å²) in [6.45, 7) is 3.64. The second-order valence-corrected chi connectivity index (χ2v) is 8.34. The van der Waals surface area contributed by atoms with Crippen LogP contribution in [-0.2, 0) is 4.79 Å². The number of rotatable bonds is 4. The van der Waals surface area contributed by atoms with Crippen LogP contribution in [0.1, 0.15) is 32.0 Å². The molecular formula is C22H17N3O5S. The number of pyridine rings is 1. The summed E-state index contributed by atoms with van der Waals surface area (Å²) in [4.78, 5) is 36.8. The molecule has 156 valence electrons. The van der Waals surface area contributed by atoms with Crippen LogP contribution in [0.5, 0.6) is 11.5 Å². The fourth-order valence-corrected chi connectivity index (χ4v) is 4.74. The molecule has 0 saturated carbocycles. The van der Waals surface area contributed by atoms with Gasteiger partial charge in [0, 0.05) is 24.1 Å². The SMILES string of the molecule is Cc1nc(C)c(C(=O)C2=C(O)C(=O)N(c3ccc4c(c3)OCO4)C2c2ccncc2)s1. The number of nitrogens with zero attached hydrogens (tertiary/aromatic N) is 3. The van der Waals surface area contributed by atoms with Crippen molar-refractivity contribution < 1.29 is 24.2 Å². The highest BCUT2D eigenvalue weighted by atomic mass is 32.1. The number of thiazole rings is 1. The molecule has 9 heteroatoms. The van der Waals surface area contributed by atoms with Gasteiger partial charge in [-0.25, -0.2) is 4.98 Å². The van der Waals surface area contributed by atoms with Crippen LogP contribution in [0, 0.1) is 13.8 Å². The average molecular weight is 435 g/mol. The number of ether oxygens (including phenoxy) is 2. The van der Waals surface area contributed by atoms with E-state index in [1.54, 1.807) is 49.6 Å². The minimum absolute atomic E-state index is 0.0145. The van der Waals surface area contributed by atoms with Crippen molar-refractivity contribution in [3.8, 4) is 11.5 Å². The van der Waals surface area contributed by atoms with Gasteiger partial charge in [0.05, 0.1) is 27.2 Å². The molecule has 0 radical (unpaired) electrons. The van der Waals surface area contributed by atoms with Gasteiger partial charge in [-0.3, -0.25) is 19.5 Å². The monoisotopic (exact) mass is 435 g/mol. The number of carbonyl (C=O) groups excluding carboxylic acids is 2. The van der Waals surface area contributed by atoms with Crippen LogP contribution < -0.4 is 14.4 Å². The molecular weight excluding hydrogens is 418 g/mol. The Morgan fingerprint density at radius 3 is 2.61 bits per heavy atom. The number of amides is 1. The minimum Gasteiger partial charge on any atom is -0.503 e. The van der Waals surface area contributed by atoms with Crippen LogP contribution in [-0.4, -0.2) is 33.6 Å². The summed E-state index contributed by atoms with van der Waals surface area (Å²) < 4.78 is 10.8. The Morgan fingerprint density at radius 1 is 1.16 bits per heavy atom. The van der Waals surface area contributed by atoms with E-state index < -0.39 is 23.5 Å². The first kappa shape index (κ1) is 19.3. The molecule has 2 aromatic heterocycles. The zero-order valence-corrected chi connectivity index (χ0v) is 17.5. The van der Waals surface area contributed by atoms with Crippen molar-refractivity contribution in [2.45, 2.75) is 19.9 Å². The molecule has 0 fully saturated rings. The number of carbonyl (C=O) groups is 2. The molecule has 0 saturated heterocycles. The standard InChI is InChI=1S/C22H17N3O5S/c1-11-21(31-12(2)24-11)19(26)17-18(13-5-7-23-8-6-13)25(22(28)20(17)27)14-3-4-15-16(9-14)30-10-29-15/h3-9,18,27H,10H2,1-2H3. The van der Waals surface area contributed by atoms with Crippen LogP contribution in [0.2, 0.25) is 0 Å².